The summed E-state index contributed by atoms with van der Waals surface area (Å²) in [6.45, 7) is 8.87. The van der Waals surface area contributed by atoms with E-state index in [-0.39, 0.29) is 12.0 Å². The number of aromatic nitrogens is 1. The second kappa shape index (κ2) is 7.45. The van der Waals surface area contributed by atoms with E-state index < -0.39 is 0 Å². The van der Waals surface area contributed by atoms with E-state index in [0.29, 0.717) is 30.4 Å². The van der Waals surface area contributed by atoms with Crippen LogP contribution in [0.2, 0.25) is 0 Å². The van der Waals surface area contributed by atoms with Crippen LogP contribution >= 0.6 is 0 Å². The number of ether oxygens (including phenoxy) is 1. The number of rotatable bonds is 3. The molecule has 0 spiro atoms. The molecule has 0 N–H and O–H groups in total. The average Bonchev–Trinajstić information content (AvgIpc) is 2.74. The fraction of sp³-hybridized carbons (Fsp3) is 0.765. The molecular formula is C17H27N3O3. The van der Waals surface area contributed by atoms with Crippen LogP contribution in [0.4, 0.5) is 0 Å². The summed E-state index contributed by atoms with van der Waals surface area (Å²) in [5.41, 5.74) is 0.672. The molecule has 2 saturated heterocycles. The van der Waals surface area contributed by atoms with E-state index in [1.807, 2.05) is 11.8 Å². The molecule has 2 fully saturated rings. The standard InChI is InChI=1S/C17H27N3O3/c1-13-16(23-14(2)18-13)17(21)20-9-6-10-22-15(12-20)11-19-7-4-3-5-8-19/h15H,3-12H2,1-2H3/t15-/m1/s1. The Morgan fingerprint density at radius 2 is 1.96 bits per heavy atom. The zero-order valence-corrected chi connectivity index (χ0v) is 14.2. The van der Waals surface area contributed by atoms with Crippen molar-refractivity contribution in [2.24, 2.45) is 0 Å². The Balaban J connectivity index is 1.64. The maximum atomic E-state index is 12.7. The summed E-state index contributed by atoms with van der Waals surface area (Å²) in [5, 5.41) is 0. The second-order valence-corrected chi connectivity index (χ2v) is 6.61. The lowest BCUT2D eigenvalue weighted by atomic mass is 10.1. The van der Waals surface area contributed by atoms with Crippen LogP contribution in [0.1, 0.15) is 47.8 Å². The topological polar surface area (TPSA) is 58.8 Å². The van der Waals surface area contributed by atoms with Gasteiger partial charge in [0.1, 0.15) is 0 Å². The van der Waals surface area contributed by atoms with Crippen LogP contribution in [0.15, 0.2) is 4.42 Å². The third-order valence-electron chi connectivity index (χ3n) is 4.65. The third-order valence-corrected chi connectivity index (χ3v) is 4.65. The van der Waals surface area contributed by atoms with Crippen LogP contribution in [0, 0.1) is 13.8 Å². The number of nitrogens with zero attached hydrogens (tertiary/aromatic N) is 3. The molecule has 0 aromatic carbocycles. The van der Waals surface area contributed by atoms with E-state index in [1.165, 1.54) is 19.3 Å². The number of aryl methyl sites for hydroxylation is 2. The fourth-order valence-electron chi connectivity index (χ4n) is 3.49. The van der Waals surface area contributed by atoms with Gasteiger partial charge in [-0.25, -0.2) is 4.98 Å². The third kappa shape index (κ3) is 4.12. The molecular weight excluding hydrogens is 294 g/mol. The van der Waals surface area contributed by atoms with Crippen LogP contribution in [0.25, 0.3) is 0 Å². The summed E-state index contributed by atoms with van der Waals surface area (Å²) in [7, 11) is 0. The van der Waals surface area contributed by atoms with E-state index in [4.69, 9.17) is 9.15 Å². The maximum absolute atomic E-state index is 12.7. The minimum absolute atomic E-state index is 0.0581. The summed E-state index contributed by atoms with van der Waals surface area (Å²) < 4.78 is 11.5. The summed E-state index contributed by atoms with van der Waals surface area (Å²) in [6, 6.07) is 0. The minimum atomic E-state index is -0.0581. The van der Waals surface area contributed by atoms with Crippen molar-refractivity contribution in [3.05, 3.63) is 17.3 Å². The highest BCUT2D eigenvalue weighted by atomic mass is 16.5. The molecule has 23 heavy (non-hydrogen) atoms. The van der Waals surface area contributed by atoms with Crippen molar-refractivity contribution in [2.75, 3.05) is 39.3 Å². The van der Waals surface area contributed by atoms with Crippen molar-refractivity contribution in [1.29, 1.82) is 0 Å². The SMILES string of the molecule is Cc1nc(C)c(C(=O)N2CCCO[C@H](CN3CCCCC3)C2)o1. The number of carbonyl (C=O) groups excluding carboxylic acids is 1. The Hall–Kier alpha value is -1.40. The van der Waals surface area contributed by atoms with E-state index in [0.717, 1.165) is 32.7 Å². The van der Waals surface area contributed by atoms with Crippen LogP contribution in [0.3, 0.4) is 0 Å². The normalized spacial score (nSPS) is 23.7. The molecule has 6 heteroatoms. The molecule has 2 aliphatic rings. The molecule has 0 saturated carbocycles. The zero-order chi connectivity index (χ0) is 16.2. The number of oxazole rings is 1. The molecule has 0 aliphatic carbocycles. The number of likely N-dealkylation sites (tertiary alicyclic amines) is 1. The molecule has 0 bridgehead atoms. The van der Waals surface area contributed by atoms with Gasteiger partial charge in [0.25, 0.3) is 5.91 Å². The van der Waals surface area contributed by atoms with E-state index >= 15 is 0 Å². The zero-order valence-electron chi connectivity index (χ0n) is 14.2. The predicted molar refractivity (Wildman–Crippen MR) is 86.5 cm³/mol. The molecule has 1 atom stereocenters. The van der Waals surface area contributed by atoms with Gasteiger partial charge >= 0.3 is 0 Å². The smallest absolute Gasteiger partial charge is 0.291 e. The average molecular weight is 321 g/mol. The Morgan fingerprint density at radius 1 is 1.17 bits per heavy atom. The van der Waals surface area contributed by atoms with Crippen molar-refractivity contribution in [3.63, 3.8) is 0 Å². The summed E-state index contributed by atoms with van der Waals surface area (Å²) in [6.07, 6.45) is 4.83. The van der Waals surface area contributed by atoms with E-state index in [9.17, 15) is 4.79 Å². The van der Waals surface area contributed by atoms with Crippen LogP contribution < -0.4 is 0 Å². The first-order chi connectivity index (χ1) is 11.1. The van der Waals surface area contributed by atoms with Crippen LogP contribution in [0.5, 0.6) is 0 Å². The minimum Gasteiger partial charge on any atom is -0.436 e. The first kappa shape index (κ1) is 16.5. The van der Waals surface area contributed by atoms with Gasteiger partial charge in [0, 0.05) is 33.2 Å². The molecule has 3 heterocycles. The van der Waals surface area contributed by atoms with Crippen LogP contribution in [-0.4, -0.2) is 66.1 Å². The molecule has 3 rings (SSSR count). The molecule has 128 valence electrons. The Kier molecular flexibility index (Phi) is 5.33. The monoisotopic (exact) mass is 321 g/mol. The highest BCUT2D eigenvalue weighted by Gasteiger charge is 2.28. The number of carbonyl (C=O) groups is 1. The summed E-state index contributed by atoms with van der Waals surface area (Å²) >= 11 is 0. The highest BCUT2D eigenvalue weighted by Crippen LogP contribution is 2.17. The lowest BCUT2D eigenvalue weighted by Gasteiger charge is -2.31. The molecule has 1 aromatic heterocycles. The maximum Gasteiger partial charge on any atom is 0.291 e. The van der Waals surface area contributed by atoms with Crippen molar-refractivity contribution in [1.82, 2.24) is 14.8 Å². The lowest BCUT2D eigenvalue weighted by Crippen LogP contribution is -2.43. The van der Waals surface area contributed by atoms with E-state index in [1.54, 1.807) is 6.92 Å². The Morgan fingerprint density at radius 3 is 2.65 bits per heavy atom. The molecule has 0 radical (unpaired) electrons. The first-order valence-electron chi connectivity index (χ1n) is 8.71. The lowest BCUT2D eigenvalue weighted by molar-refractivity contribution is 0.0211. The summed E-state index contributed by atoms with van der Waals surface area (Å²) in [5.74, 6) is 0.861. The highest BCUT2D eigenvalue weighted by molar-refractivity contribution is 5.92. The number of piperidine rings is 1. The summed E-state index contributed by atoms with van der Waals surface area (Å²) in [4.78, 5) is 21.3. The number of amides is 1. The quantitative estimate of drug-likeness (QED) is 0.852. The molecule has 2 aliphatic heterocycles. The van der Waals surface area contributed by atoms with Gasteiger partial charge in [-0.2, -0.15) is 0 Å². The first-order valence-corrected chi connectivity index (χ1v) is 8.71. The van der Waals surface area contributed by atoms with Crippen molar-refractivity contribution in [3.8, 4) is 0 Å². The molecule has 6 nitrogen and oxygen atoms in total. The molecule has 1 amide bonds. The Bertz CT molecular complexity index is 537. The molecule has 1 aromatic rings. The van der Waals surface area contributed by atoms with Crippen molar-refractivity contribution in [2.45, 2.75) is 45.6 Å². The fourth-order valence-corrected chi connectivity index (χ4v) is 3.49. The Labute approximate surface area is 137 Å². The van der Waals surface area contributed by atoms with Crippen LogP contribution in [-0.2, 0) is 4.74 Å². The van der Waals surface area contributed by atoms with Crippen molar-refractivity contribution < 1.29 is 13.9 Å². The number of hydrogen-bond acceptors (Lipinski definition) is 5. The number of hydrogen-bond donors (Lipinski definition) is 0. The van der Waals surface area contributed by atoms with Gasteiger partial charge in [-0.15, -0.1) is 0 Å². The van der Waals surface area contributed by atoms with Gasteiger partial charge in [0.15, 0.2) is 5.89 Å². The second-order valence-electron chi connectivity index (χ2n) is 6.61. The van der Waals surface area contributed by atoms with Gasteiger partial charge in [0.2, 0.25) is 5.76 Å². The van der Waals surface area contributed by atoms with E-state index in [2.05, 4.69) is 9.88 Å². The van der Waals surface area contributed by atoms with Gasteiger partial charge < -0.3 is 19.0 Å². The predicted octanol–water partition coefficient (Wildman–Crippen LogP) is 2.01. The largest absolute Gasteiger partial charge is 0.436 e. The van der Waals surface area contributed by atoms with Gasteiger partial charge in [0.05, 0.1) is 11.8 Å². The van der Waals surface area contributed by atoms with Gasteiger partial charge in [-0.05, 0) is 39.3 Å². The van der Waals surface area contributed by atoms with Crippen molar-refractivity contribution >= 4 is 5.91 Å². The molecule has 0 unspecified atom stereocenters. The van der Waals surface area contributed by atoms with Gasteiger partial charge in [-0.1, -0.05) is 6.42 Å². The van der Waals surface area contributed by atoms with Gasteiger partial charge in [-0.3, -0.25) is 4.79 Å².